The number of carbonyl (C=O) groups excluding carboxylic acids is 1. The summed E-state index contributed by atoms with van der Waals surface area (Å²) in [5.74, 6) is 0.448. The van der Waals surface area contributed by atoms with Crippen LogP contribution in [0.5, 0.6) is 0 Å². The first-order chi connectivity index (χ1) is 13.8. The van der Waals surface area contributed by atoms with Crippen molar-refractivity contribution in [2.24, 2.45) is 5.73 Å². The molecular formula is C20H23ClN6O2. The average Bonchev–Trinajstić information content (AvgIpc) is 3.27. The normalized spacial score (nSPS) is 18.2. The maximum atomic E-state index is 13.2. The SMILES string of the molecule is CC1(C)NC(=O)c2c(Cl)cc(Nc3ncnc(C4CCCC4)c3/C=C\N)c(=O)n21. The molecule has 8 nitrogen and oxygen atoms in total. The quantitative estimate of drug-likeness (QED) is 0.708. The van der Waals surface area contributed by atoms with Gasteiger partial charge in [0.2, 0.25) is 0 Å². The summed E-state index contributed by atoms with van der Waals surface area (Å²) in [6.45, 7) is 3.49. The van der Waals surface area contributed by atoms with Crippen LogP contribution in [0, 0.1) is 0 Å². The summed E-state index contributed by atoms with van der Waals surface area (Å²) >= 11 is 6.34. The summed E-state index contributed by atoms with van der Waals surface area (Å²) in [5, 5.41) is 6.06. The number of carbonyl (C=O) groups is 1. The van der Waals surface area contributed by atoms with E-state index >= 15 is 0 Å². The lowest BCUT2D eigenvalue weighted by atomic mass is 9.98. The number of nitrogens with zero attached hydrogens (tertiary/aromatic N) is 3. The fourth-order valence-corrected chi connectivity index (χ4v) is 4.51. The second kappa shape index (κ2) is 7.18. The van der Waals surface area contributed by atoms with Gasteiger partial charge in [0.25, 0.3) is 11.5 Å². The maximum absolute atomic E-state index is 13.2. The highest BCUT2D eigenvalue weighted by molar-refractivity contribution is 6.34. The molecule has 1 saturated carbocycles. The summed E-state index contributed by atoms with van der Waals surface area (Å²) in [5.41, 5.74) is 6.49. The van der Waals surface area contributed by atoms with Crippen LogP contribution in [0.4, 0.5) is 11.5 Å². The molecule has 2 aromatic heterocycles. The van der Waals surface area contributed by atoms with Crippen molar-refractivity contribution < 1.29 is 4.79 Å². The first kappa shape index (κ1) is 19.4. The molecule has 1 fully saturated rings. The van der Waals surface area contributed by atoms with E-state index in [0.29, 0.717) is 11.7 Å². The number of nitrogens with one attached hydrogen (secondary N) is 2. The maximum Gasteiger partial charge on any atom is 0.276 e. The molecule has 9 heteroatoms. The van der Waals surface area contributed by atoms with Gasteiger partial charge in [-0.15, -0.1) is 0 Å². The van der Waals surface area contributed by atoms with E-state index in [2.05, 4.69) is 20.6 Å². The van der Waals surface area contributed by atoms with Crippen molar-refractivity contribution in [1.82, 2.24) is 19.9 Å². The third-order valence-electron chi connectivity index (χ3n) is 5.52. The number of pyridine rings is 1. The number of hydrogen-bond acceptors (Lipinski definition) is 6. The molecule has 0 bridgehead atoms. The van der Waals surface area contributed by atoms with Crippen molar-refractivity contribution in [3.8, 4) is 0 Å². The van der Waals surface area contributed by atoms with E-state index < -0.39 is 5.66 Å². The van der Waals surface area contributed by atoms with Gasteiger partial charge < -0.3 is 16.4 Å². The second-order valence-corrected chi connectivity index (χ2v) is 8.30. The molecule has 0 radical (unpaired) electrons. The zero-order valence-corrected chi connectivity index (χ0v) is 17.1. The summed E-state index contributed by atoms with van der Waals surface area (Å²) in [7, 11) is 0. The van der Waals surface area contributed by atoms with Gasteiger partial charge in [-0.3, -0.25) is 14.2 Å². The average molecular weight is 415 g/mol. The van der Waals surface area contributed by atoms with Crippen molar-refractivity contribution in [1.29, 1.82) is 0 Å². The number of nitrogens with two attached hydrogens (primary N) is 1. The van der Waals surface area contributed by atoms with Crippen LogP contribution in [-0.4, -0.2) is 20.4 Å². The van der Waals surface area contributed by atoms with Crippen LogP contribution < -0.4 is 21.9 Å². The molecule has 2 aromatic rings. The highest BCUT2D eigenvalue weighted by atomic mass is 35.5. The number of halogens is 1. The van der Waals surface area contributed by atoms with Gasteiger partial charge in [0.15, 0.2) is 0 Å². The van der Waals surface area contributed by atoms with Crippen LogP contribution >= 0.6 is 11.6 Å². The van der Waals surface area contributed by atoms with Gasteiger partial charge in [-0.2, -0.15) is 0 Å². The zero-order chi connectivity index (χ0) is 20.8. The molecule has 4 N–H and O–H groups in total. The zero-order valence-electron chi connectivity index (χ0n) is 16.3. The van der Waals surface area contributed by atoms with Gasteiger partial charge >= 0.3 is 0 Å². The van der Waals surface area contributed by atoms with Crippen LogP contribution in [-0.2, 0) is 5.66 Å². The van der Waals surface area contributed by atoms with Crippen LogP contribution in [0.25, 0.3) is 6.08 Å². The molecule has 0 saturated heterocycles. The van der Waals surface area contributed by atoms with Crippen molar-refractivity contribution in [2.75, 3.05) is 5.32 Å². The number of anilines is 2. The minimum Gasteiger partial charge on any atom is -0.405 e. The van der Waals surface area contributed by atoms with Gasteiger partial charge in [-0.1, -0.05) is 24.4 Å². The highest BCUT2D eigenvalue weighted by Crippen LogP contribution is 2.37. The molecule has 152 valence electrons. The monoisotopic (exact) mass is 414 g/mol. The fraction of sp³-hybridized carbons (Fsp3) is 0.400. The van der Waals surface area contributed by atoms with E-state index in [0.717, 1.165) is 24.1 Å². The summed E-state index contributed by atoms with van der Waals surface area (Å²) < 4.78 is 1.37. The molecule has 4 rings (SSSR count). The molecule has 0 spiro atoms. The van der Waals surface area contributed by atoms with Gasteiger partial charge in [0, 0.05) is 11.5 Å². The Labute approximate surface area is 173 Å². The van der Waals surface area contributed by atoms with Crippen molar-refractivity contribution in [2.45, 2.75) is 51.1 Å². The Morgan fingerprint density at radius 3 is 2.72 bits per heavy atom. The van der Waals surface area contributed by atoms with E-state index in [1.165, 1.54) is 36.0 Å². The number of fused-ring (bicyclic) bond motifs is 1. The van der Waals surface area contributed by atoms with Gasteiger partial charge in [-0.25, -0.2) is 9.97 Å². The predicted octanol–water partition coefficient (Wildman–Crippen LogP) is 3.06. The Bertz CT molecular complexity index is 1070. The molecule has 1 amide bonds. The largest absolute Gasteiger partial charge is 0.405 e. The first-order valence-corrected chi connectivity index (χ1v) is 10.00. The van der Waals surface area contributed by atoms with E-state index in [-0.39, 0.29) is 27.9 Å². The Morgan fingerprint density at radius 2 is 2.03 bits per heavy atom. The molecule has 1 aliphatic carbocycles. The molecule has 0 unspecified atom stereocenters. The molecule has 3 heterocycles. The molecule has 0 atom stereocenters. The van der Waals surface area contributed by atoms with E-state index in [1.54, 1.807) is 19.9 Å². The smallest absolute Gasteiger partial charge is 0.276 e. The third-order valence-corrected chi connectivity index (χ3v) is 5.81. The minimum absolute atomic E-state index is 0.156. The number of hydrogen-bond donors (Lipinski definition) is 3. The Morgan fingerprint density at radius 1 is 1.31 bits per heavy atom. The molecule has 1 aliphatic heterocycles. The van der Waals surface area contributed by atoms with Gasteiger partial charge in [0.05, 0.1) is 10.7 Å². The van der Waals surface area contributed by atoms with Crippen molar-refractivity contribution in [3.63, 3.8) is 0 Å². The standard InChI is InChI=1S/C20H23ClN6O2/c1-20(2)26-18(28)16-13(21)9-14(19(29)27(16)20)25-17-12(7-8-22)15(23-10-24-17)11-5-3-4-6-11/h7-11H,3-6,22H2,1-2H3,(H,26,28)(H,23,24,25)/b8-7-. The lowest BCUT2D eigenvalue weighted by Gasteiger charge is -2.22. The second-order valence-electron chi connectivity index (χ2n) is 7.89. The van der Waals surface area contributed by atoms with Crippen LogP contribution in [0.15, 0.2) is 23.4 Å². The lowest BCUT2D eigenvalue weighted by Crippen LogP contribution is -2.42. The van der Waals surface area contributed by atoms with E-state index in [1.807, 2.05) is 0 Å². The molecular weight excluding hydrogens is 392 g/mol. The fourth-order valence-electron chi connectivity index (χ4n) is 4.23. The van der Waals surface area contributed by atoms with Crippen LogP contribution in [0.3, 0.4) is 0 Å². The summed E-state index contributed by atoms with van der Waals surface area (Å²) in [4.78, 5) is 34.2. The Hall–Kier alpha value is -2.87. The summed E-state index contributed by atoms with van der Waals surface area (Å²) in [6, 6.07) is 1.46. The van der Waals surface area contributed by atoms with Gasteiger partial charge in [-0.05, 0) is 45.0 Å². The van der Waals surface area contributed by atoms with Crippen molar-refractivity contribution in [3.05, 3.63) is 50.9 Å². The number of aromatic nitrogens is 3. The lowest BCUT2D eigenvalue weighted by molar-refractivity contribution is 0.0935. The summed E-state index contributed by atoms with van der Waals surface area (Å²) in [6.07, 6.45) is 9.15. The van der Waals surface area contributed by atoms with Crippen LogP contribution in [0.2, 0.25) is 5.02 Å². The molecule has 0 aromatic carbocycles. The Kier molecular flexibility index (Phi) is 4.82. The van der Waals surface area contributed by atoms with Crippen molar-refractivity contribution >= 4 is 35.1 Å². The predicted molar refractivity (Wildman–Crippen MR) is 112 cm³/mol. The third kappa shape index (κ3) is 3.27. The van der Waals surface area contributed by atoms with Crippen LogP contribution in [0.1, 0.15) is 67.2 Å². The highest BCUT2D eigenvalue weighted by Gasteiger charge is 2.38. The molecule has 29 heavy (non-hydrogen) atoms. The molecule has 2 aliphatic rings. The van der Waals surface area contributed by atoms with E-state index in [4.69, 9.17) is 17.3 Å². The Balaban J connectivity index is 1.82. The van der Waals surface area contributed by atoms with E-state index in [9.17, 15) is 9.59 Å². The topological polar surface area (TPSA) is 115 Å². The first-order valence-electron chi connectivity index (χ1n) is 9.62. The van der Waals surface area contributed by atoms with Gasteiger partial charge in [0.1, 0.15) is 29.2 Å². The minimum atomic E-state index is -0.883. The number of amides is 1. The number of rotatable bonds is 4.